The second kappa shape index (κ2) is 6.27. The Bertz CT molecular complexity index is 304. The van der Waals surface area contributed by atoms with Crippen molar-refractivity contribution in [2.24, 2.45) is 0 Å². The van der Waals surface area contributed by atoms with Crippen LogP contribution in [0.2, 0.25) is 0 Å². The van der Waals surface area contributed by atoms with Gasteiger partial charge in [-0.15, -0.1) is 0 Å². The fraction of sp³-hybridized carbons (Fsp3) is 0.583. The maximum atomic E-state index is 11.3. The second-order valence-corrected chi connectivity index (χ2v) is 3.70. The molecule has 0 saturated heterocycles. The molecule has 1 aromatic heterocycles. The number of unbranched alkanes of at least 4 members (excludes halogenated alkanes) is 3. The molecular weight excluding hydrogens is 190 g/mol. The molecule has 0 aliphatic heterocycles. The highest BCUT2D eigenvalue weighted by Crippen LogP contribution is 2.13. The number of hydrogen-bond acceptors (Lipinski definition) is 2. The molecule has 1 rings (SSSR count). The maximum absolute atomic E-state index is 11.3. The quantitative estimate of drug-likeness (QED) is 0.578. The molecule has 0 fully saturated rings. The van der Waals surface area contributed by atoms with Crippen molar-refractivity contribution in [3.63, 3.8) is 0 Å². The van der Waals surface area contributed by atoms with Crippen molar-refractivity contribution in [1.29, 1.82) is 0 Å². The SMILES string of the molecule is CCCCCCc1c[nH]cc1C(=O)OC. The number of nitrogens with one attached hydrogen (secondary N) is 1. The van der Waals surface area contributed by atoms with E-state index in [2.05, 4.69) is 11.9 Å². The largest absolute Gasteiger partial charge is 0.465 e. The molecule has 0 unspecified atom stereocenters. The zero-order valence-electron chi connectivity index (χ0n) is 9.51. The van der Waals surface area contributed by atoms with Gasteiger partial charge in [-0.3, -0.25) is 0 Å². The number of aryl methyl sites for hydroxylation is 1. The van der Waals surface area contributed by atoms with E-state index in [4.69, 9.17) is 4.74 Å². The Kier molecular flexibility index (Phi) is 4.95. The highest BCUT2D eigenvalue weighted by atomic mass is 16.5. The molecule has 1 N–H and O–H groups in total. The summed E-state index contributed by atoms with van der Waals surface area (Å²) < 4.78 is 4.70. The van der Waals surface area contributed by atoms with Gasteiger partial charge in [0, 0.05) is 12.4 Å². The topological polar surface area (TPSA) is 42.1 Å². The molecule has 0 aliphatic carbocycles. The highest BCUT2D eigenvalue weighted by molar-refractivity contribution is 5.90. The summed E-state index contributed by atoms with van der Waals surface area (Å²) in [5.74, 6) is -0.248. The van der Waals surface area contributed by atoms with Crippen LogP contribution >= 0.6 is 0 Å². The number of esters is 1. The normalized spacial score (nSPS) is 10.3. The first-order chi connectivity index (χ1) is 7.29. The van der Waals surface area contributed by atoms with E-state index in [1.807, 2.05) is 6.20 Å². The van der Waals surface area contributed by atoms with Gasteiger partial charge in [-0.05, 0) is 18.4 Å². The van der Waals surface area contributed by atoms with Gasteiger partial charge in [0.2, 0.25) is 0 Å². The predicted molar refractivity (Wildman–Crippen MR) is 60.0 cm³/mol. The molecule has 3 nitrogen and oxygen atoms in total. The molecule has 1 heterocycles. The Balaban J connectivity index is 2.46. The Morgan fingerprint density at radius 2 is 2.13 bits per heavy atom. The van der Waals surface area contributed by atoms with Crippen LogP contribution in [0, 0.1) is 0 Å². The first kappa shape index (κ1) is 11.8. The number of carbonyl (C=O) groups excluding carboxylic acids is 1. The van der Waals surface area contributed by atoms with Crippen molar-refractivity contribution < 1.29 is 9.53 Å². The fourth-order valence-corrected chi connectivity index (χ4v) is 1.65. The van der Waals surface area contributed by atoms with Gasteiger partial charge < -0.3 is 9.72 Å². The molecule has 0 aromatic carbocycles. The molecule has 0 spiro atoms. The van der Waals surface area contributed by atoms with Crippen LogP contribution in [0.1, 0.15) is 48.5 Å². The van der Waals surface area contributed by atoms with Crippen LogP contribution in [0.25, 0.3) is 0 Å². The van der Waals surface area contributed by atoms with Gasteiger partial charge >= 0.3 is 5.97 Å². The van der Waals surface area contributed by atoms with Crippen molar-refractivity contribution in [3.8, 4) is 0 Å². The van der Waals surface area contributed by atoms with Crippen molar-refractivity contribution in [1.82, 2.24) is 4.98 Å². The van der Waals surface area contributed by atoms with Gasteiger partial charge in [0.25, 0.3) is 0 Å². The maximum Gasteiger partial charge on any atom is 0.339 e. The lowest BCUT2D eigenvalue weighted by molar-refractivity contribution is 0.0600. The van der Waals surface area contributed by atoms with E-state index in [1.54, 1.807) is 6.20 Å². The smallest absolute Gasteiger partial charge is 0.339 e. The molecule has 0 bridgehead atoms. The van der Waals surface area contributed by atoms with Crippen LogP contribution < -0.4 is 0 Å². The zero-order valence-corrected chi connectivity index (χ0v) is 9.51. The average Bonchev–Trinajstić information content (AvgIpc) is 2.71. The predicted octanol–water partition coefficient (Wildman–Crippen LogP) is 2.92. The number of carbonyl (C=O) groups is 1. The van der Waals surface area contributed by atoms with Crippen molar-refractivity contribution in [2.75, 3.05) is 7.11 Å². The number of methoxy groups -OCH3 is 1. The lowest BCUT2D eigenvalue weighted by Crippen LogP contribution is -2.02. The number of aromatic amines is 1. The van der Waals surface area contributed by atoms with Crippen LogP contribution in [-0.4, -0.2) is 18.1 Å². The minimum atomic E-state index is -0.248. The Morgan fingerprint density at radius 1 is 1.33 bits per heavy atom. The van der Waals surface area contributed by atoms with E-state index in [1.165, 1.54) is 26.4 Å². The van der Waals surface area contributed by atoms with E-state index >= 15 is 0 Å². The van der Waals surface area contributed by atoms with Crippen LogP contribution in [0.4, 0.5) is 0 Å². The second-order valence-electron chi connectivity index (χ2n) is 3.70. The highest BCUT2D eigenvalue weighted by Gasteiger charge is 2.11. The van der Waals surface area contributed by atoms with E-state index in [9.17, 15) is 4.79 Å². The Hall–Kier alpha value is -1.25. The molecule has 15 heavy (non-hydrogen) atoms. The van der Waals surface area contributed by atoms with Gasteiger partial charge in [0.15, 0.2) is 0 Å². The van der Waals surface area contributed by atoms with E-state index in [0.717, 1.165) is 18.4 Å². The van der Waals surface area contributed by atoms with E-state index in [0.29, 0.717) is 5.56 Å². The fourth-order valence-electron chi connectivity index (χ4n) is 1.65. The van der Waals surface area contributed by atoms with Crippen LogP contribution in [0.15, 0.2) is 12.4 Å². The number of rotatable bonds is 6. The minimum absolute atomic E-state index is 0.248. The van der Waals surface area contributed by atoms with Gasteiger partial charge in [-0.1, -0.05) is 26.2 Å². The number of aromatic nitrogens is 1. The molecule has 0 aliphatic rings. The molecule has 0 radical (unpaired) electrons. The van der Waals surface area contributed by atoms with Crippen LogP contribution in [-0.2, 0) is 11.2 Å². The van der Waals surface area contributed by atoms with Crippen LogP contribution in [0.5, 0.6) is 0 Å². The third-order valence-corrected chi connectivity index (χ3v) is 2.54. The standard InChI is InChI=1S/C12H19NO2/c1-3-4-5-6-7-10-8-13-9-11(10)12(14)15-2/h8-9,13H,3-7H2,1-2H3. The van der Waals surface area contributed by atoms with Crippen molar-refractivity contribution in [3.05, 3.63) is 23.5 Å². The summed E-state index contributed by atoms with van der Waals surface area (Å²) in [6, 6.07) is 0. The lowest BCUT2D eigenvalue weighted by atomic mass is 10.1. The summed E-state index contributed by atoms with van der Waals surface area (Å²) >= 11 is 0. The number of H-pyrrole nitrogens is 1. The van der Waals surface area contributed by atoms with E-state index < -0.39 is 0 Å². The molecule has 1 aromatic rings. The Labute approximate surface area is 90.8 Å². The van der Waals surface area contributed by atoms with Gasteiger partial charge in [-0.25, -0.2) is 4.79 Å². The van der Waals surface area contributed by atoms with Crippen molar-refractivity contribution >= 4 is 5.97 Å². The summed E-state index contributed by atoms with van der Waals surface area (Å²) in [6.45, 7) is 2.19. The van der Waals surface area contributed by atoms with Crippen molar-refractivity contribution in [2.45, 2.75) is 39.0 Å². The average molecular weight is 209 g/mol. The molecule has 0 atom stereocenters. The summed E-state index contributed by atoms with van der Waals surface area (Å²) in [4.78, 5) is 14.3. The number of ether oxygens (including phenoxy) is 1. The summed E-state index contributed by atoms with van der Waals surface area (Å²) in [5, 5.41) is 0. The third kappa shape index (κ3) is 3.42. The molecule has 0 amide bonds. The lowest BCUT2D eigenvalue weighted by Gasteiger charge is -2.01. The Morgan fingerprint density at radius 3 is 2.80 bits per heavy atom. The van der Waals surface area contributed by atoms with Crippen LogP contribution in [0.3, 0.4) is 0 Å². The molecule has 84 valence electrons. The van der Waals surface area contributed by atoms with E-state index in [-0.39, 0.29) is 5.97 Å². The third-order valence-electron chi connectivity index (χ3n) is 2.54. The minimum Gasteiger partial charge on any atom is -0.465 e. The summed E-state index contributed by atoms with van der Waals surface area (Å²) in [6.07, 6.45) is 9.40. The summed E-state index contributed by atoms with van der Waals surface area (Å²) in [7, 11) is 1.41. The first-order valence-corrected chi connectivity index (χ1v) is 5.53. The summed E-state index contributed by atoms with van der Waals surface area (Å²) in [5.41, 5.74) is 1.74. The monoisotopic (exact) mass is 209 g/mol. The first-order valence-electron chi connectivity index (χ1n) is 5.53. The zero-order chi connectivity index (χ0) is 11.1. The molecular formula is C12H19NO2. The molecule has 0 saturated carbocycles. The van der Waals surface area contributed by atoms with Gasteiger partial charge in [0.1, 0.15) is 0 Å². The van der Waals surface area contributed by atoms with Gasteiger partial charge in [0.05, 0.1) is 12.7 Å². The molecule has 3 heteroatoms. The number of hydrogen-bond donors (Lipinski definition) is 1. The van der Waals surface area contributed by atoms with Gasteiger partial charge in [-0.2, -0.15) is 0 Å².